The van der Waals surface area contributed by atoms with E-state index in [0.717, 1.165) is 4.68 Å². The number of nitrogens with one attached hydrogen (secondary N) is 1. The Balaban J connectivity index is 1.96. The van der Waals surface area contributed by atoms with Gasteiger partial charge in [0, 0.05) is 5.56 Å². The fourth-order valence-corrected chi connectivity index (χ4v) is 2.76. The normalized spacial score (nSPS) is 11.2. The molecule has 156 valence electrons. The standard InChI is InChI=1S/C21H21N3O6/c1-13(2)30-18(25)12-29-19-14(7-6-10-17(19)28-3)11-22-24-20(26)15-8-4-5-9-16(15)23-21(24)27/h4-11,13H,12H2,1-3H3,(H,23,27). The first-order valence-electron chi connectivity index (χ1n) is 9.18. The zero-order chi connectivity index (χ0) is 21.7. The minimum absolute atomic E-state index is 0.231. The van der Waals surface area contributed by atoms with E-state index < -0.39 is 17.2 Å². The molecule has 0 aliphatic rings. The van der Waals surface area contributed by atoms with Crippen molar-refractivity contribution in [3.63, 3.8) is 0 Å². The highest BCUT2D eigenvalue weighted by Crippen LogP contribution is 2.30. The summed E-state index contributed by atoms with van der Waals surface area (Å²) in [5.74, 6) is 0.0479. The molecule has 0 aliphatic carbocycles. The number of benzene rings is 2. The third-order valence-corrected chi connectivity index (χ3v) is 4.03. The summed E-state index contributed by atoms with van der Waals surface area (Å²) < 4.78 is 16.6. The summed E-state index contributed by atoms with van der Waals surface area (Å²) in [5.41, 5.74) is -0.406. The quantitative estimate of drug-likeness (QED) is 0.470. The minimum atomic E-state index is -0.680. The predicted octanol–water partition coefficient (Wildman–Crippen LogP) is 1.91. The average molecular weight is 411 g/mol. The molecule has 3 rings (SSSR count). The van der Waals surface area contributed by atoms with E-state index in [2.05, 4.69) is 10.1 Å². The van der Waals surface area contributed by atoms with Gasteiger partial charge in [-0.25, -0.2) is 9.59 Å². The Bertz CT molecular complexity index is 1210. The lowest BCUT2D eigenvalue weighted by atomic mass is 10.2. The van der Waals surface area contributed by atoms with Gasteiger partial charge in [-0.2, -0.15) is 5.10 Å². The van der Waals surface area contributed by atoms with Gasteiger partial charge in [0.1, 0.15) is 0 Å². The number of esters is 1. The van der Waals surface area contributed by atoms with Gasteiger partial charge in [0.2, 0.25) is 0 Å². The summed E-state index contributed by atoms with van der Waals surface area (Å²) in [7, 11) is 1.45. The third-order valence-electron chi connectivity index (χ3n) is 4.03. The number of hydrogen-bond donors (Lipinski definition) is 1. The smallest absolute Gasteiger partial charge is 0.349 e. The molecule has 3 aromatic rings. The van der Waals surface area contributed by atoms with Crippen LogP contribution in [0.3, 0.4) is 0 Å². The SMILES string of the molecule is COc1cccc(C=Nn2c(=O)[nH]c3ccccc3c2=O)c1OCC(=O)OC(C)C. The maximum absolute atomic E-state index is 12.6. The van der Waals surface area contributed by atoms with Crippen molar-refractivity contribution in [1.82, 2.24) is 9.66 Å². The van der Waals surface area contributed by atoms with Gasteiger partial charge in [-0.15, -0.1) is 4.68 Å². The second kappa shape index (κ2) is 9.08. The molecule has 30 heavy (non-hydrogen) atoms. The number of fused-ring (bicyclic) bond motifs is 1. The summed E-state index contributed by atoms with van der Waals surface area (Å²) in [6.45, 7) is 3.13. The molecular weight excluding hydrogens is 390 g/mol. The molecule has 0 fully saturated rings. The average Bonchev–Trinajstić information content (AvgIpc) is 2.71. The number of ether oxygens (including phenoxy) is 3. The molecule has 0 bridgehead atoms. The van der Waals surface area contributed by atoms with Crippen LogP contribution in [0.2, 0.25) is 0 Å². The van der Waals surface area contributed by atoms with E-state index in [-0.39, 0.29) is 18.5 Å². The van der Waals surface area contributed by atoms with Crippen LogP contribution in [0, 0.1) is 0 Å². The Labute approximate surface area is 171 Å². The summed E-state index contributed by atoms with van der Waals surface area (Å²) in [4.78, 5) is 39.3. The first-order chi connectivity index (χ1) is 14.4. The van der Waals surface area contributed by atoms with E-state index in [1.54, 1.807) is 56.3 Å². The molecule has 0 saturated carbocycles. The van der Waals surface area contributed by atoms with Crippen LogP contribution in [0.5, 0.6) is 11.5 Å². The Kier molecular flexibility index (Phi) is 6.31. The number of nitrogens with zero attached hydrogens (tertiary/aromatic N) is 2. The van der Waals surface area contributed by atoms with Crippen LogP contribution in [0.15, 0.2) is 57.2 Å². The van der Waals surface area contributed by atoms with E-state index >= 15 is 0 Å². The lowest BCUT2D eigenvalue weighted by Gasteiger charge is -2.13. The highest BCUT2D eigenvalue weighted by molar-refractivity contribution is 5.85. The first-order valence-corrected chi connectivity index (χ1v) is 9.18. The number of rotatable bonds is 7. The van der Waals surface area contributed by atoms with Crippen molar-refractivity contribution in [2.45, 2.75) is 20.0 Å². The molecule has 0 unspecified atom stereocenters. The van der Waals surface area contributed by atoms with Crippen LogP contribution >= 0.6 is 0 Å². The number of hydrogen-bond acceptors (Lipinski definition) is 7. The molecule has 0 atom stereocenters. The molecule has 1 aromatic heterocycles. The Morgan fingerprint density at radius 2 is 1.93 bits per heavy atom. The molecular formula is C21H21N3O6. The lowest BCUT2D eigenvalue weighted by Crippen LogP contribution is -2.32. The van der Waals surface area contributed by atoms with Gasteiger partial charge in [0.05, 0.1) is 30.3 Å². The van der Waals surface area contributed by atoms with Crippen LogP contribution in [0.1, 0.15) is 19.4 Å². The maximum Gasteiger partial charge on any atom is 0.349 e. The van der Waals surface area contributed by atoms with Gasteiger partial charge in [-0.05, 0) is 38.1 Å². The minimum Gasteiger partial charge on any atom is -0.493 e. The zero-order valence-corrected chi connectivity index (χ0v) is 16.7. The molecule has 1 heterocycles. The molecule has 0 amide bonds. The Morgan fingerprint density at radius 1 is 1.17 bits per heavy atom. The molecule has 2 aromatic carbocycles. The largest absolute Gasteiger partial charge is 0.493 e. The lowest BCUT2D eigenvalue weighted by molar-refractivity contribution is -0.149. The van der Waals surface area contributed by atoms with Gasteiger partial charge in [-0.3, -0.25) is 4.79 Å². The maximum atomic E-state index is 12.6. The van der Waals surface area contributed by atoms with Crippen molar-refractivity contribution in [3.8, 4) is 11.5 Å². The molecule has 0 radical (unpaired) electrons. The number of carbonyl (C=O) groups excluding carboxylic acids is 1. The molecule has 0 aliphatic heterocycles. The second-order valence-corrected chi connectivity index (χ2v) is 6.54. The predicted molar refractivity (Wildman–Crippen MR) is 112 cm³/mol. The summed E-state index contributed by atoms with van der Waals surface area (Å²) >= 11 is 0. The molecule has 9 heteroatoms. The van der Waals surface area contributed by atoms with Gasteiger partial charge in [0.15, 0.2) is 18.1 Å². The van der Waals surface area contributed by atoms with E-state index in [0.29, 0.717) is 22.2 Å². The highest BCUT2D eigenvalue weighted by Gasteiger charge is 2.14. The van der Waals surface area contributed by atoms with Crippen molar-refractivity contribution in [1.29, 1.82) is 0 Å². The van der Waals surface area contributed by atoms with Gasteiger partial charge < -0.3 is 19.2 Å². The van der Waals surface area contributed by atoms with Crippen LogP contribution in [-0.4, -0.2) is 41.7 Å². The monoisotopic (exact) mass is 411 g/mol. The van der Waals surface area contributed by atoms with E-state index in [9.17, 15) is 14.4 Å². The zero-order valence-electron chi connectivity index (χ0n) is 16.7. The fourth-order valence-electron chi connectivity index (χ4n) is 2.76. The Morgan fingerprint density at radius 3 is 2.67 bits per heavy atom. The first kappa shape index (κ1) is 20.8. The highest BCUT2D eigenvalue weighted by atomic mass is 16.6. The van der Waals surface area contributed by atoms with E-state index in [1.807, 2.05) is 0 Å². The third kappa shape index (κ3) is 4.57. The van der Waals surface area contributed by atoms with Crippen LogP contribution in [-0.2, 0) is 9.53 Å². The van der Waals surface area contributed by atoms with Crippen LogP contribution < -0.4 is 20.7 Å². The van der Waals surface area contributed by atoms with Crippen LogP contribution in [0.4, 0.5) is 0 Å². The second-order valence-electron chi connectivity index (χ2n) is 6.54. The van der Waals surface area contributed by atoms with E-state index in [1.165, 1.54) is 13.3 Å². The van der Waals surface area contributed by atoms with Crippen molar-refractivity contribution in [3.05, 3.63) is 68.9 Å². The molecule has 0 saturated heterocycles. The topological polar surface area (TPSA) is 112 Å². The number of carbonyl (C=O) groups is 1. The fraction of sp³-hybridized carbons (Fsp3) is 0.238. The molecule has 1 N–H and O–H groups in total. The van der Waals surface area contributed by atoms with Crippen LogP contribution in [0.25, 0.3) is 10.9 Å². The Hall–Kier alpha value is -3.88. The van der Waals surface area contributed by atoms with Crippen molar-refractivity contribution >= 4 is 23.1 Å². The van der Waals surface area contributed by atoms with Crippen molar-refractivity contribution in [2.24, 2.45) is 5.10 Å². The number of aromatic amines is 1. The summed E-state index contributed by atoms with van der Waals surface area (Å²) in [5, 5.41) is 4.35. The number of methoxy groups -OCH3 is 1. The van der Waals surface area contributed by atoms with Gasteiger partial charge in [0.25, 0.3) is 5.56 Å². The van der Waals surface area contributed by atoms with Crippen molar-refractivity contribution < 1.29 is 19.0 Å². The molecule has 9 nitrogen and oxygen atoms in total. The number of aromatic nitrogens is 2. The van der Waals surface area contributed by atoms with Gasteiger partial charge in [-0.1, -0.05) is 18.2 Å². The number of para-hydroxylation sites is 2. The summed E-state index contributed by atoms with van der Waals surface area (Å²) in [6.07, 6.45) is 1.02. The summed E-state index contributed by atoms with van der Waals surface area (Å²) in [6, 6.07) is 11.6. The van der Waals surface area contributed by atoms with Crippen molar-refractivity contribution in [2.75, 3.05) is 13.7 Å². The molecule has 0 spiro atoms. The van der Waals surface area contributed by atoms with E-state index in [4.69, 9.17) is 14.2 Å². The number of H-pyrrole nitrogens is 1. The van der Waals surface area contributed by atoms with Gasteiger partial charge >= 0.3 is 11.7 Å².